The van der Waals surface area contributed by atoms with Crippen molar-refractivity contribution in [2.24, 2.45) is 0 Å². The van der Waals surface area contributed by atoms with Gasteiger partial charge in [0.15, 0.2) is 6.07 Å². The van der Waals surface area contributed by atoms with Crippen molar-refractivity contribution >= 4 is 67.3 Å². The summed E-state index contributed by atoms with van der Waals surface area (Å²) in [6, 6.07) is -0.690. The average Bonchev–Trinajstić information content (AvgIpc) is 2.57. The van der Waals surface area contributed by atoms with E-state index >= 15 is 0 Å². The summed E-state index contributed by atoms with van der Waals surface area (Å²) in [6.45, 7) is 16.1. The van der Waals surface area contributed by atoms with E-state index in [1.54, 1.807) is 41.5 Å². The van der Waals surface area contributed by atoms with Crippen molar-refractivity contribution in [1.82, 2.24) is 10.6 Å². The number of carbonyl (C=O) groups excluding carboxylic acids is 3. The number of ether oxygens (including phenoxy) is 3. The number of nitrogens with one attached hydrogen (secondary N) is 2. The van der Waals surface area contributed by atoms with Gasteiger partial charge in [-0.25, -0.2) is 23.4 Å². The molecule has 37 heavy (non-hydrogen) atoms. The second-order valence-electron chi connectivity index (χ2n) is 9.97. The van der Waals surface area contributed by atoms with Crippen LogP contribution in [0.3, 0.4) is 0 Å². The summed E-state index contributed by atoms with van der Waals surface area (Å²) in [5.74, 6) is -1.73. The minimum atomic E-state index is -3.83. The van der Waals surface area contributed by atoms with Crippen LogP contribution < -0.4 is 10.6 Å². The summed E-state index contributed by atoms with van der Waals surface area (Å²) in [6.07, 6.45) is -1.41. The van der Waals surface area contributed by atoms with E-state index in [2.05, 4.69) is 30.2 Å². The number of carboxylic acids is 1. The number of carboxylic acid groups (broad SMARTS) is 1. The summed E-state index contributed by atoms with van der Waals surface area (Å²) in [5.41, 5.74) is -3.73. The van der Waals surface area contributed by atoms with E-state index in [9.17, 15) is 27.6 Å². The van der Waals surface area contributed by atoms with Crippen molar-refractivity contribution in [3.8, 4) is 0 Å². The molecular formula is C20H37Cl3N2O11S. The Morgan fingerprint density at radius 3 is 1.30 bits per heavy atom. The van der Waals surface area contributed by atoms with Gasteiger partial charge < -0.3 is 30.0 Å². The van der Waals surface area contributed by atoms with Gasteiger partial charge in [0.25, 0.3) is 0 Å². The molecule has 0 aromatic carbocycles. The van der Waals surface area contributed by atoms with Gasteiger partial charge in [0.1, 0.15) is 28.3 Å². The summed E-state index contributed by atoms with van der Waals surface area (Å²) in [7, 11) is 0.665. The van der Waals surface area contributed by atoms with Crippen molar-refractivity contribution in [3.05, 3.63) is 0 Å². The van der Waals surface area contributed by atoms with Gasteiger partial charge in [0.05, 0.1) is 0 Å². The molecule has 0 atom stereocenters. The van der Waals surface area contributed by atoms with Gasteiger partial charge in [-0.1, -0.05) is 23.2 Å². The number of alkyl halides is 2. The molecule has 13 nitrogen and oxygen atoms in total. The Morgan fingerprint density at radius 2 is 1.08 bits per heavy atom. The fraction of sp³-hybridized carbons (Fsp3) is 0.800. The topological polar surface area (TPSA) is 184 Å². The average molecular weight is 620 g/mol. The second kappa shape index (κ2) is 16.3. The zero-order valence-corrected chi connectivity index (χ0v) is 25.6. The van der Waals surface area contributed by atoms with E-state index in [0.717, 1.165) is 0 Å². The van der Waals surface area contributed by atoms with Crippen molar-refractivity contribution in [1.29, 1.82) is 0 Å². The molecule has 0 aliphatic rings. The lowest BCUT2D eigenvalue weighted by Gasteiger charge is -2.26. The minimum absolute atomic E-state index is 0.252. The highest BCUT2D eigenvalue weighted by atomic mass is 35.7. The van der Waals surface area contributed by atoms with Crippen molar-refractivity contribution in [2.75, 3.05) is 12.1 Å². The van der Waals surface area contributed by atoms with Crippen LogP contribution in [0, 0.1) is 0 Å². The number of halogens is 3. The van der Waals surface area contributed by atoms with Crippen LogP contribution in [0.25, 0.3) is 0 Å². The Kier molecular flexibility index (Phi) is 17.5. The number of amides is 2. The smallest absolute Gasteiger partial charge is 0.408 e. The normalized spacial score (nSPS) is 11.9. The lowest BCUT2D eigenvalue weighted by molar-refractivity contribution is -0.148. The second-order valence-corrected chi connectivity index (χ2v) is 12.6. The summed E-state index contributed by atoms with van der Waals surface area (Å²) in [5, 5.41) is 13.4. The fourth-order valence-electron chi connectivity index (χ4n) is 1.51. The first-order valence-corrected chi connectivity index (χ1v) is 13.6. The van der Waals surface area contributed by atoms with E-state index in [-0.39, 0.29) is 6.07 Å². The SMILES string of the molecule is CC(C)(C)OC(=O)NC(C)(C)C(=O)O.CC(C)(C)OC(=O)NC(C)(C)C(=O)OCCl.O=S(=O)(Cl)OCCl. The highest BCUT2D eigenvalue weighted by molar-refractivity contribution is 8.10. The van der Waals surface area contributed by atoms with E-state index in [1.807, 2.05) is 0 Å². The first-order valence-electron chi connectivity index (χ1n) is 10.3. The summed E-state index contributed by atoms with van der Waals surface area (Å²) in [4.78, 5) is 44.6. The third-order valence-corrected chi connectivity index (χ3v) is 4.06. The molecule has 0 aliphatic carbocycles. The number of hydrogen-bond acceptors (Lipinski definition) is 10. The molecule has 0 rings (SSSR count). The molecule has 0 saturated heterocycles. The van der Waals surface area contributed by atoms with Crippen LogP contribution in [0.1, 0.15) is 69.2 Å². The molecule has 0 spiro atoms. The summed E-state index contributed by atoms with van der Waals surface area (Å²) < 4.78 is 37.6. The highest BCUT2D eigenvalue weighted by Gasteiger charge is 2.33. The maximum absolute atomic E-state index is 11.4. The Balaban J connectivity index is -0.000000503. The maximum Gasteiger partial charge on any atom is 0.408 e. The Labute approximate surface area is 232 Å². The monoisotopic (exact) mass is 618 g/mol. The molecule has 17 heteroatoms. The van der Waals surface area contributed by atoms with Gasteiger partial charge in [0.2, 0.25) is 0 Å². The Hall–Kier alpha value is -1.74. The lowest BCUT2D eigenvalue weighted by Crippen LogP contribution is -2.51. The van der Waals surface area contributed by atoms with E-state index in [1.165, 1.54) is 27.7 Å². The van der Waals surface area contributed by atoms with E-state index < -0.39 is 61.8 Å². The number of alkyl carbamates (subject to hydrolysis) is 2. The highest BCUT2D eigenvalue weighted by Crippen LogP contribution is 2.11. The van der Waals surface area contributed by atoms with Crippen LogP contribution in [-0.4, -0.2) is 72.1 Å². The van der Waals surface area contributed by atoms with E-state index in [4.69, 9.17) is 37.8 Å². The molecule has 0 aromatic heterocycles. The molecular weight excluding hydrogens is 583 g/mol. The lowest BCUT2D eigenvalue weighted by atomic mass is 10.1. The first kappa shape index (κ1) is 39.8. The molecule has 0 unspecified atom stereocenters. The standard InChI is InChI=1S/C10H18ClNO4.C9H17NO4.CH2Cl2O3S/c1-9(2,3)16-8(14)12-10(4,5)7(13)15-6-11;1-8(2,3)14-7(13)10-9(4,5)6(11)12;2-1-6-7(3,4)5/h6H2,1-5H3,(H,12,14);1-5H3,(H,10,13)(H,11,12);1H2. The number of rotatable bonds is 7. The van der Waals surface area contributed by atoms with Crippen LogP contribution in [0.5, 0.6) is 0 Å². The predicted octanol–water partition coefficient (Wildman–Crippen LogP) is 4.09. The molecule has 0 heterocycles. The van der Waals surface area contributed by atoms with Gasteiger partial charge >= 0.3 is 33.5 Å². The molecule has 0 aliphatic heterocycles. The van der Waals surface area contributed by atoms with Crippen molar-refractivity contribution in [3.63, 3.8) is 0 Å². The van der Waals surface area contributed by atoms with Crippen LogP contribution in [0.15, 0.2) is 0 Å². The van der Waals surface area contributed by atoms with Crippen LogP contribution in [0.2, 0.25) is 0 Å². The third-order valence-electron chi connectivity index (χ3n) is 3.04. The largest absolute Gasteiger partial charge is 0.480 e. The molecule has 220 valence electrons. The molecule has 0 bridgehead atoms. The zero-order chi connectivity index (χ0) is 30.5. The summed E-state index contributed by atoms with van der Waals surface area (Å²) >= 11 is 10.1. The third kappa shape index (κ3) is 25.7. The number of hydrogen-bond donors (Lipinski definition) is 3. The van der Waals surface area contributed by atoms with Crippen molar-refractivity contribution < 1.29 is 51.1 Å². The molecule has 0 saturated carbocycles. The van der Waals surface area contributed by atoms with Crippen molar-refractivity contribution in [2.45, 2.75) is 91.5 Å². The number of carbonyl (C=O) groups is 4. The molecule has 0 radical (unpaired) electrons. The quantitative estimate of drug-likeness (QED) is 0.161. The fourth-order valence-corrected chi connectivity index (χ4v) is 2.33. The molecule has 0 aromatic rings. The number of aliphatic carboxylic acids is 1. The zero-order valence-electron chi connectivity index (χ0n) is 22.5. The first-order chi connectivity index (χ1) is 16.2. The van der Waals surface area contributed by atoms with Gasteiger partial charge in [0, 0.05) is 10.7 Å². The number of esters is 1. The molecule has 2 amide bonds. The van der Waals surface area contributed by atoms with Gasteiger partial charge in [-0.05, 0) is 69.2 Å². The minimum Gasteiger partial charge on any atom is -0.480 e. The van der Waals surface area contributed by atoms with E-state index in [0.29, 0.717) is 0 Å². The molecule has 3 N–H and O–H groups in total. The van der Waals surface area contributed by atoms with Gasteiger partial charge in [-0.3, -0.25) is 0 Å². The molecule has 0 fully saturated rings. The van der Waals surface area contributed by atoms with Gasteiger partial charge in [-0.2, -0.15) is 8.42 Å². The maximum atomic E-state index is 11.4. The van der Waals surface area contributed by atoms with Crippen LogP contribution in [0.4, 0.5) is 9.59 Å². The Morgan fingerprint density at radius 1 is 0.730 bits per heavy atom. The van der Waals surface area contributed by atoms with Crippen LogP contribution in [-0.2, 0) is 37.3 Å². The van der Waals surface area contributed by atoms with Crippen LogP contribution >= 0.6 is 33.9 Å². The van der Waals surface area contributed by atoms with Gasteiger partial charge in [-0.15, -0.1) is 0 Å². The predicted molar refractivity (Wildman–Crippen MR) is 138 cm³/mol. The Bertz CT molecular complexity index is 866.